The Morgan fingerprint density at radius 1 is 0.970 bits per heavy atom. The Hall–Kier alpha value is -3.50. The molecule has 1 amide bonds. The number of methoxy groups -OCH3 is 3. The predicted molar refractivity (Wildman–Crippen MR) is 122 cm³/mol. The van der Waals surface area contributed by atoms with Crippen molar-refractivity contribution in [3.63, 3.8) is 0 Å². The lowest BCUT2D eigenvalue weighted by atomic mass is 10.1. The fourth-order valence-corrected chi connectivity index (χ4v) is 4.69. The maximum Gasteiger partial charge on any atom is 0.243 e. The summed E-state index contributed by atoms with van der Waals surface area (Å²) >= 11 is 0. The number of sulfonamides is 1. The summed E-state index contributed by atoms with van der Waals surface area (Å²) in [6.07, 6.45) is 1.49. The van der Waals surface area contributed by atoms with Crippen LogP contribution in [0, 0.1) is 0 Å². The van der Waals surface area contributed by atoms with Gasteiger partial charge in [0.25, 0.3) is 0 Å². The van der Waals surface area contributed by atoms with Crippen molar-refractivity contribution in [2.75, 3.05) is 26.6 Å². The number of nitrogens with zero attached hydrogens (tertiary/aromatic N) is 1. The molecule has 3 rings (SSSR count). The Bertz CT molecular complexity index is 1170. The fraction of sp³-hybridized carbons (Fsp3) is 0.261. The van der Waals surface area contributed by atoms with Gasteiger partial charge in [-0.3, -0.25) is 4.79 Å². The minimum absolute atomic E-state index is 0.0133. The highest BCUT2D eigenvalue weighted by atomic mass is 32.2. The molecule has 0 saturated heterocycles. The molecule has 0 unspecified atom stereocenters. The van der Waals surface area contributed by atoms with Gasteiger partial charge in [0.2, 0.25) is 21.7 Å². The average Bonchev–Trinajstić information content (AvgIpc) is 3.31. The Morgan fingerprint density at radius 2 is 1.61 bits per heavy atom. The molecule has 2 aromatic carbocycles. The summed E-state index contributed by atoms with van der Waals surface area (Å²) in [4.78, 5) is 11.3. The molecule has 33 heavy (non-hydrogen) atoms. The second-order valence-corrected chi connectivity index (χ2v) is 9.03. The van der Waals surface area contributed by atoms with Gasteiger partial charge in [-0.05, 0) is 54.1 Å². The number of benzene rings is 2. The summed E-state index contributed by atoms with van der Waals surface area (Å²) in [5.74, 6) is 1.50. The largest absolute Gasteiger partial charge is 0.493 e. The first-order valence-corrected chi connectivity index (χ1v) is 11.4. The zero-order valence-electron chi connectivity index (χ0n) is 18.8. The van der Waals surface area contributed by atoms with Crippen molar-refractivity contribution < 1.29 is 31.8 Å². The topological polar surface area (TPSA) is 107 Å². The van der Waals surface area contributed by atoms with Crippen LogP contribution in [0.4, 0.5) is 5.69 Å². The average molecular weight is 475 g/mol. The summed E-state index contributed by atoms with van der Waals surface area (Å²) in [7, 11) is 0.561. The highest BCUT2D eigenvalue weighted by Crippen LogP contribution is 2.39. The quantitative estimate of drug-likeness (QED) is 0.478. The number of ether oxygens (including phenoxy) is 3. The van der Waals surface area contributed by atoms with Gasteiger partial charge < -0.3 is 23.9 Å². The molecule has 0 radical (unpaired) electrons. The van der Waals surface area contributed by atoms with E-state index in [2.05, 4.69) is 5.32 Å². The van der Waals surface area contributed by atoms with Gasteiger partial charge >= 0.3 is 0 Å². The molecule has 0 aliphatic rings. The highest BCUT2D eigenvalue weighted by molar-refractivity contribution is 7.89. The number of furan rings is 1. The third kappa shape index (κ3) is 5.65. The lowest BCUT2D eigenvalue weighted by Crippen LogP contribution is -2.30. The second-order valence-electron chi connectivity index (χ2n) is 7.09. The van der Waals surface area contributed by atoms with E-state index in [9.17, 15) is 13.2 Å². The predicted octanol–water partition coefficient (Wildman–Crippen LogP) is 3.65. The van der Waals surface area contributed by atoms with Gasteiger partial charge in [-0.2, -0.15) is 4.31 Å². The molecule has 1 N–H and O–H groups in total. The second kappa shape index (κ2) is 10.4. The van der Waals surface area contributed by atoms with Crippen molar-refractivity contribution in [2.24, 2.45) is 0 Å². The van der Waals surface area contributed by atoms with E-state index < -0.39 is 10.0 Å². The first-order valence-electron chi connectivity index (χ1n) is 9.97. The maximum absolute atomic E-state index is 13.5. The third-order valence-electron chi connectivity index (χ3n) is 4.81. The van der Waals surface area contributed by atoms with E-state index in [0.29, 0.717) is 34.3 Å². The smallest absolute Gasteiger partial charge is 0.243 e. The summed E-state index contributed by atoms with van der Waals surface area (Å²) in [6.45, 7) is 1.42. The van der Waals surface area contributed by atoms with Crippen LogP contribution in [0.1, 0.15) is 18.2 Å². The number of carbonyl (C=O) groups is 1. The summed E-state index contributed by atoms with van der Waals surface area (Å²) in [6, 6.07) is 12.8. The van der Waals surface area contributed by atoms with E-state index in [1.165, 1.54) is 51.0 Å². The van der Waals surface area contributed by atoms with Crippen molar-refractivity contribution >= 4 is 21.6 Å². The zero-order valence-corrected chi connectivity index (χ0v) is 19.6. The highest BCUT2D eigenvalue weighted by Gasteiger charge is 2.27. The minimum Gasteiger partial charge on any atom is -0.493 e. The number of hydrogen-bond acceptors (Lipinski definition) is 7. The van der Waals surface area contributed by atoms with Gasteiger partial charge in [-0.1, -0.05) is 0 Å². The molecular weight excluding hydrogens is 448 g/mol. The van der Waals surface area contributed by atoms with Crippen molar-refractivity contribution in [1.29, 1.82) is 0 Å². The number of hydrogen-bond donors (Lipinski definition) is 1. The maximum atomic E-state index is 13.5. The lowest BCUT2D eigenvalue weighted by molar-refractivity contribution is -0.114. The molecule has 0 bridgehead atoms. The van der Waals surface area contributed by atoms with E-state index in [1.807, 2.05) is 0 Å². The van der Waals surface area contributed by atoms with Crippen molar-refractivity contribution in [2.45, 2.75) is 24.9 Å². The molecule has 176 valence electrons. The fourth-order valence-electron chi connectivity index (χ4n) is 3.30. The first kappa shape index (κ1) is 24.1. The van der Waals surface area contributed by atoms with Crippen LogP contribution >= 0.6 is 0 Å². The minimum atomic E-state index is -3.93. The standard InChI is InChI=1S/C23H26N2O7S/c1-16(26)24-18-7-9-20(10-8-18)33(27,28)25(15-19-6-5-11-32-19)14-17-12-21(29-2)23(31-4)22(13-17)30-3/h5-13H,14-15H2,1-4H3,(H,24,26). The molecule has 1 aromatic heterocycles. The molecule has 0 saturated carbocycles. The third-order valence-corrected chi connectivity index (χ3v) is 6.61. The summed E-state index contributed by atoms with van der Waals surface area (Å²) < 4.78 is 49.9. The van der Waals surface area contributed by atoms with Crippen LogP contribution in [0.3, 0.4) is 0 Å². The van der Waals surface area contributed by atoms with E-state index >= 15 is 0 Å². The molecular formula is C23H26N2O7S. The Labute approximate surface area is 192 Å². The Balaban J connectivity index is 1.99. The van der Waals surface area contributed by atoms with Crippen molar-refractivity contribution in [3.05, 3.63) is 66.1 Å². The molecule has 0 atom stereocenters. The van der Waals surface area contributed by atoms with Gasteiger partial charge in [0, 0.05) is 19.2 Å². The molecule has 9 nitrogen and oxygen atoms in total. The molecule has 3 aromatic rings. The number of rotatable bonds is 10. The molecule has 1 heterocycles. The van der Waals surface area contributed by atoms with Crippen LogP contribution in [0.25, 0.3) is 0 Å². The van der Waals surface area contributed by atoms with E-state index in [4.69, 9.17) is 18.6 Å². The van der Waals surface area contributed by atoms with Crippen LogP contribution in [0.2, 0.25) is 0 Å². The summed E-state index contributed by atoms with van der Waals surface area (Å²) in [5, 5.41) is 2.62. The van der Waals surface area contributed by atoms with E-state index in [0.717, 1.165) is 0 Å². The monoisotopic (exact) mass is 474 g/mol. The first-order chi connectivity index (χ1) is 15.8. The summed E-state index contributed by atoms with van der Waals surface area (Å²) in [5.41, 5.74) is 1.14. The lowest BCUT2D eigenvalue weighted by Gasteiger charge is -2.23. The van der Waals surface area contributed by atoms with Crippen LogP contribution in [0.15, 0.2) is 64.1 Å². The molecule has 10 heteroatoms. The number of carbonyl (C=O) groups excluding carboxylic acids is 1. The molecule has 0 aliphatic heterocycles. The Morgan fingerprint density at radius 3 is 2.09 bits per heavy atom. The van der Waals surface area contributed by atoms with Crippen LogP contribution < -0.4 is 19.5 Å². The number of nitrogens with one attached hydrogen (secondary N) is 1. The van der Waals surface area contributed by atoms with Gasteiger partial charge in [-0.25, -0.2) is 8.42 Å². The van der Waals surface area contributed by atoms with Gasteiger partial charge in [-0.15, -0.1) is 0 Å². The van der Waals surface area contributed by atoms with E-state index in [1.54, 1.807) is 36.4 Å². The van der Waals surface area contributed by atoms with Crippen LogP contribution in [-0.2, 0) is 27.9 Å². The Kier molecular flexibility index (Phi) is 7.62. The van der Waals surface area contributed by atoms with Crippen LogP contribution in [0.5, 0.6) is 17.2 Å². The zero-order chi connectivity index (χ0) is 24.0. The molecule has 0 fully saturated rings. The SMILES string of the molecule is COc1cc(CN(Cc2ccco2)S(=O)(=O)c2ccc(NC(C)=O)cc2)cc(OC)c1OC. The van der Waals surface area contributed by atoms with Crippen molar-refractivity contribution in [1.82, 2.24) is 4.31 Å². The normalized spacial score (nSPS) is 11.3. The molecule has 0 spiro atoms. The van der Waals surface area contributed by atoms with Gasteiger partial charge in [0.05, 0.1) is 39.0 Å². The van der Waals surface area contributed by atoms with Crippen molar-refractivity contribution in [3.8, 4) is 17.2 Å². The number of anilines is 1. The van der Waals surface area contributed by atoms with Crippen LogP contribution in [-0.4, -0.2) is 40.0 Å². The van der Waals surface area contributed by atoms with E-state index in [-0.39, 0.29) is 23.9 Å². The number of amides is 1. The van der Waals surface area contributed by atoms with Gasteiger partial charge in [0.1, 0.15) is 5.76 Å². The van der Waals surface area contributed by atoms with Gasteiger partial charge in [0.15, 0.2) is 11.5 Å². The molecule has 0 aliphatic carbocycles.